The van der Waals surface area contributed by atoms with Gasteiger partial charge >= 0.3 is 0 Å². The van der Waals surface area contributed by atoms with Crippen LogP contribution in [0.2, 0.25) is 5.02 Å². The van der Waals surface area contributed by atoms with Crippen molar-refractivity contribution in [2.45, 2.75) is 38.1 Å². The average molecular weight is 544 g/mol. The zero-order valence-corrected chi connectivity index (χ0v) is 22.4. The molecule has 0 aliphatic carbocycles. The molecule has 0 spiro atoms. The van der Waals surface area contributed by atoms with Crippen molar-refractivity contribution in [3.8, 4) is 0 Å². The molecule has 1 unspecified atom stereocenters. The Morgan fingerprint density at radius 1 is 1.19 bits per heavy atom. The SMILES string of the molecule is Cc1ccc(S(=O)(=O)N2CCCC(C(=O)N(Cc3ccco3)c3nc4c(C)c(Cl)ccc4s3)C2)cc1. The molecule has 0 saturated carbocycles. The maximum Gasteiger partial charge on any atom is 0.243 e. The standard InChI is InChI=1S/C26H26ClN3O4S2/c1-17-7-9-21(10-8-17)36(32,33)29-13-3-5-19(15-29)25(31)30(16-20-6-4-14-34-20)26-28-24-18(2)22(27)11-12-23(24)35-26/h4,6-12,14,19H,3,5,13,15-16H2,1-2H3. The number of anilines is 1. The number of benzene rings is 2. The first-order valence-corrected chi connectivity index (χ1v) is 14.3. The van der Waals surface area contributed by atoms with E-state index in [1.54, 1.807) is 41.5 Å². The molecule has 36 heavy (non-hydrogen) atoms. The molecule has 5 rings (SSSR count). The van der Waals surface area contributed by atoms with E-state index in [1.165, 1.54) is 15.6 Å². The van der Waals surface area contributed by atoms with Gasteiger partial charge in [-0.05, 0) is 68.7 Å². The van der Waals surface area contributed by atoms with Crippen LogP contribution in [0, 0.1) is 19.8 Å². The molecule has 2 aromatic carbocycles. The van der Waals surface area contributed by atoms with E-state index in [4.69, 9.17) is 21.0 Å². The largest absolute Gasteiger partial charge is 0.467 e. The number of furan rings is 1. The molecule has 1 atom stereocenters. The van der Waals surface area contributed by atoms with Crippen molar-refractivity contribution in [2.75, 3.05) is 18.0 Å². The Hall–Kier alpha value is -2.72. The summed E-state index contributed by atoms with van der Waals surface area (Å²) in [6.45, 7) is 4.54. The van der Waals surface area contributed by atoms with E-state index < -0.39 is 15.9 Å². The van der Waals surface area contributed by atoms with Crippen LogP contribution in [0.5, 0.6) is 0 Å². The van der Waals surface area contributed by atoms with Crippen molar-refractivity contribution in [3.63, 3.8) is 0 Å². The number of hydrogen-bond acceptors (Lipinski definition) is 6. The summed E-state index contributed by atoms with van der Waals surface area (Å²) in [6.07, 6.45) is 2.77. The molecule has 0 bridgehead atoms. The topological polar surface area (TPSA) is 83.7 Å². The molecule has 1 aliphatic rings. The fourth-order valence-electron chi connectivity index (χ4n) is 4.44. The molecule has 1 aliphatic heterocycles. The zero-order valence-electron chi connectivity index (χ0n) is 20.0. The second-order valence-corrected chi connectivity index (χ2v) is 12.4. The maximum absolute atomic E-state index is 13.9. The van der Waals surface area contributed by atoms with E-state index in [0.29, 0.717) is 35.3 Å². The Bertz CT molecular complexity index is 1500. The molecule has 1 amide bonds. The number of aryl methyl sites for hydroxylation is 2. The summed E-state index contributed by atoms with van der Waals surface area (Å²) in [5.41, 5.74) is 2.60. The summed E-state index contributed by atoms with van der Waals surface area (Å²) < 4.78 is 34.5. The van der Waals surface area contributed by atoms with Gasteiger partial charge in [-0.2, -0.15) is 4.31 Å². The van der Waals surface area contributed by atoms with E-state index >= 15 is 0 Å². The van der Waals surface area contributed by atoms with E-state index in [9.17, 15) is 13.2 Å². The van der Waals surface area contributed by atoms with Gasteiger partial charge in [0.1, 0.15) is 5.76 Å². The third-order valence-corrected chi connectivity index (χ3v) is 9.85. The Morgan fingerprint density at radius 2 is 1.97 bits per heavy atom. The number of nitrogens with zero attached hydrogens (tertiary/aromatic N) is 3. The van der Waals surface area contributed by atoms with Crippen molar-refractivity contribution in [3.05, 3.63) is 76.7 Å². The minimum atomic E-state index is -3.70. The van der Waals surface area contributed by atoms with Crippen LogP contribution in [0.25, 0.3) is 10.2 Å². The van der Waals surface area contributed by atoms with Crippen LogP contribution in [0.15, 0.2) is 64.1 Å². The zero-order chi connectivity index (χ0) is 25.4. The van der Waals surface area contributed by atoms with Crippen LogP contribution in [-0.4, -0.2) is 36.7 Å². The molecule has 0 N–H and O–H groups in total. The maximum atomic E-state index is 13.9. The predicted octanol–water partition coefficient (Wildman–Crippen LogP) is 5.79. The lowest BCUT2D eigenvalue weighted by Crippen LogP contribution is -2.46. The van der Waals surface area contributed by atoms with Gasteiger partial charge in [0.05, 0.1) is 33.8 Å². The molecular formula is C26H26ClN3O4S2. The van der Waals surface area contributed by atoms with Gasteiger partial charge in [0.25, 0.3) is 0 Å². The highest BCUT2D eigenvalue weighted by molar-refractivity contribution is 7.89. The number of carbonyl (C=O) groups excluding carboxylic acids is 1. The monoisotopic (exact) mass is 543 g/mol. The molecule has 0 radical (unpaired) electrons. The Balaban J connectivity index is 1.45. The van der Waals surface area contributed by atoms with E-state index in [2.05, 4.69) is 0 Å². The van der Waals surface area contributed by atoms with E-state index in [-0.39, 0.29) is 23.9 Å². The predicted molar refractivity (Wildman–Crippen MR) is 142 cm³/mol. The van der Waals surface area contributed by atoms with Crippen LogP contribution in [-0.2, 0) is 21.4 Å². The van der Waals surface area contributed by atoms with Crippen LogP contribution in [0.4, 0.5) is 5.13 Å². The lowest BCUT2D eigenvalue weighted by molar-refractivity contribution is -0.123. The first-order chi connectivity index (χ1) is 17.2. The first kappa shape index (κ1) is 25.0. The number of hydrogen-bond donors (Lipinski definition) is 0. The molecule has 10 heteroatoms. The summed E-state index contributed by atoms with van der Waals surface area (Å²) in [5.74, 6) is -0.0408. The second-order valence-electron chi connectivity index (χ2n) is 9.03. The van der Waals surface area contributed by atoms with Crippen molar-refractivity contribution in [1.29, 1.82) is 0 Å². The van der Waals surface area contributed by atoms with Crippen LogP contribution < -0.4 is 4.90 Å². The van der Waals surface area contributed by atoms with Crippen LogP contribution in [0.1, 0.15) is 29.7 Å². The third-order valence-electron chi connectivity index (χ3n) is 6.52. The smallest absolute Gasteiger partial charge is 0.243 e. The number of sulfonamides is 1. The number of fused-ring (bicyclic) bond motifs is 1. The quantitative estimate of drug-likeness (QED) is 0.307. The minimum absolute atomic E-state index is 0.124. The molecule has 7 nitrogen and oxygen atoms in total. The van der Waals surface area contributed by atoms with Gasteiger partial charge in [-0.15, -0.1) is 0 Å². The van der Waals surface area contributed by atoms with Gasteiger partial charge in [-0.1, -0.05) is 40.6 Å². The normalized spacial score (nSPS) is 16.9. The van der Waals surface area contributed by atoms with E-state index in [0.717, 1.165) is 21.3 Å². The molecular weight excluding hydrogens is 518 g/mol. The highest BCUT2D eigenvalue weighted by Gasteiger charge is 2.36. The number of thiazole rings is 1. The summed E-state index contributed by atoms with van der Waals surface area (Å²) >= 11 is 7.71. The second kappa shape index (κ2) is 9.97. The summed E-state index contributed by atoms with van der Waals surface area (Å²) in [4.78, 5) is 20.5. The van der Waals surface area contributed by atoms with Gasteiger partial charge in [-0.3, -0.25) is 9.69 Å². The van der Waals surface area contributed by atoms with Crippen molar-refractivity contribution >= 4 is 54.2 Å². The summed E-state index contributed by atoms with van der Waals surface area (Å²) in [5, 5.41) is 1.16. The van der Waals surface area contributed by atoms with Gasteiger partial charge < -0.3 is 4.42 Å². The summed E-state index contributed by atoms with van der Waals surface area (Å²) in [7, 11) is -3.70. The molecule has 4 aromatic rings. The fourth-order valence-corrected chi connectivity index (χ4v) is 7.15. The van der Waals surface area contributed by atoms with Gasteiger partial charge in [0.2, 0.25) is 15.9 Å². The lowest BCUT2D eigenvalue weighted by Gasteiger charge is -2.33. The van der Waals surface area contributed by atoms with Crippen LogP contribution in [0.3, 0.4) is 0 Å². The molecule has 1 saturated heterocycles. The highest BCUT2D eigenvalue weighted by atomic mass is 35.5. The fraction of sp³-hybridized carbons (Fsp3) is 0.308. The number of piperidine rings is 1. The van der Waals surface area contributed by atoms with E-state index in [1.807, 2.05) is 32.0 Å². The average Bonchev–Trinajstić information content (AvgIpc) is 3.55. The number of aromatic nitrogens is 1. The van der Waals surface area contributed by atoms with Crippen molar-refractivity contribution in [1.82, 2.24) is 9.29 Å². The number of rotatable bonds is 6. The molecule has 3 heterocycles. The Morgan fingerprint density at radius 3 is 2.69 bits per heavy atom. The first-order valence-electron chi connectivity index (χ1n) is 11.7. The Kier molecular flexibility index (Phi) is 6.91. The van der Waals surface area contributed by atoms with Gasteiger partial charge in [-0.25, -0.2) is 13.4 Å². The van der Waals surface area contributed by atoms with Crippen LogP contribution >= 0.6 is 22.9 Å². The van der Waals surface area contributed by atoms with Gasteiger partial charge in [0, 0.05) is 18.1 Å². The van der Waals surface area contributed by atoms with Crippen molar-refractivity contribution < 1.29 is 17.6 Å². The number of carbonyl (C=O) groups is 1. The molecule has 2 aromatic heterocycles. The molecule has 1 fully saturated rings. The third kappa shape index (κ3) is 4.80. The summed E-state index contributed by atoms with van der Waals surface area (Å²) in [6, 6.07) is 14.1. The number of halogens is 1. The van der Waals surface area contributed by atoms with Crippen molar-refractivity contribution in [2.24, 2.45) is 5.92 Å². The minimum Gasteiger partial charge on any atom is -0.467 e. The molecule has 188 valence electrons. The van der Waals surface area contributed by atoms with Gasteiger partial charge in [0.15, 0.2) is 5.13 Å². The highest BCUT2D eigenvalue weighted by Crippen LogP contribution is 2.36. The Labute approximate surface area is 219 Å². The lowest BCUT2D eigenvalue weighted by atomic mass is 9.98. The number of amides is 1.